The van der Waals surface area contributed by atoms with Crippen molar-refractivity contribution in [3.05, 3.63) is 59.2 Å². The normalized spacial score (nSPS) is 10.1. The van der Waals surface area contributed by atoms with Crippen LogP contribution in [0.25, 0.3) is 0 Å². The van der Waals surface area contributed by atoms with Gasteiger partial charge in [-0.1, -0.05) is 6.07 Å². The number of hydrogen-bond acceptors (Lipinski definition) is 3. The van der Waals surface area contributed by atoms with Gasteiger partial charge in [0.05, 0.1) is 24.8 Å². The molecule has 1 aromatic carbocycles. The molecule has 0 amide bonds. The first-order chi connectivity index (χ1) is 9.65. The number of hydrogen-bond donors (Lipinski definition) is 0. The van der Waals surface area contributed by atoms with Crippen LogP contribution in [0.15, 0.2) is 36.5 Å². The number of nitrogens with zero attached hydrogens (tertiary/aromatic N) is 2. The van der Waals surface area contributed by atoms with Crippen molar-refractivity contribution in [2.24, 2.45) is 0 Å². The van der Waals surface area contributed by atoms with Crippen LogP contribution in [0.4, 0.5) is 4.39 Å². The first-order valence-electron chi connectivity index (χ1n) is 6.16. The summed E-state index contributed by atoms with van der Waals surface area (Å²) in [6.07, 6.45) is 1.68. The lowest BCUT2D eigenvalue weighted by Crippen LogP contribution is -2.13. The van der Waals surface area contributed by atoms with Crippen LogP contribution in [0.1, 0.15) is 28.5 Å². The molecule has 1 aromatic heterocycles. The zero-order valence-corrected chi connectivity index (χ0v) is 11.0. The molecule has 0 aliphatic heterocycles. The Hall–Kier alpha value is -2.61. The van der Waals surface area contributed by atoms with Crippen LogP contribution in [0.2, 0.25) is 0 Å². The van der Waals surface area contributed by atoms with Crippen LogP contribution < -0.4 is 0 Å². The molecule has 0 aliphatic carbocycles. The van der Waals surface area contributed by atoms with Gasteiger partial charge in [-0.15, -0.1) is 0 Å². The number of aromatic nitrogens is 1. The minimum Gasteiger partial charge on any atom is -0.461 e. The fraction of sp³-hybridized carbons (Fsp3) is 0.200. The maximum atomic E-state index is 13.8. The van der Waals surface area contributed by atoms with Crippen LogP contribution >= 0.6 is 0 Å². The Kier molecular flexibility index (Phi) is 4.16. The number of nitriles is 1. The summed E-state index contributed by atoms with van der Waals surface area (Å²) in [7, 11) is 0. The van der Waals surface area contributed by atoms with E-state index in [2.05, 4.69) is 0 Å². The van der Waals surface area contributed by atoms with Gasteiger partial charge in [0.2, 0.25) is 0 Å². The molecule has 0 atom stereocenters. The van der Waals surface area contributed by atoms with E-state index in [1.807, 2.05) is 6.07 Å². The summed E-state index contributed by atoms with van der Waals surface area (Å²) in [5.41, 5.74) is 1.05. The standard InChI is InChI=1S/C15H13FN2O2/c1-2-20-15(19)14-4-3-7-18(14)10-12-6-5-11(9-17)8-13(12)16/h3-8H,2,10H2,1H3. The van der Waals surface area contributed by atoms with Gasteiger partial charge >= 0.3 is 5.97 Å². The number of carbonyl (C=O) groups excluding carboxylic acids is 1. The van der Waals surface area contributed by atoms with Crippen molar-refractivity contribution in [1.82, 2.24) is 4.57 Å². The molecular formula is C15H13FN2O2. The lowest BCUT2D eigenvalue weighted by Gasteiger charge is -2.09. The number of halogens is 1. The monoisotopic (exact) mass is 272 g/mol. The van der Waals surface area contributed by atoms with Crippen molar-refractivity contribution in [2.75, 3.05) is 6.61 Å². The molecule has 0 unspecified atom stereocenters. The fourth-order valence-corrected chi connectivity index (χ4v) is 1.87. The molecule has 2 aromatic rings. The number of esters is 1. The molecule has 4 nitrogen and oxygen atoms in total. The van der Waals surface area contributed by atoms with E-state index in [4.69, 9.17) is 10.00 Å². The Morgan fingerprint density at radius 3 is 2.90 bits per heavy atom. The van der Waals surface area contributed by atoms with Crippen molar-refractivity contribution < 1.29 is 13.9 Å². The second-order valence-corrected chi connectivity index (χ2v) is 4.16. The summed E-state index contributed by atoms with van der Waals surface area (Å²) < 4.78 is 20.4. The molecule has 0 fully saturated rings. The lowest BCUT2D eigenvalue weighted by atomic mass is 10.1. The lowest BCUT2D eigenvalue weighted by molar-refractivity contribution is 0.0514. The van der Waals surface area contributed by atoms with Crippen LogP contribution in [0.5, 0.6) is 0 Å². The topological polar surface area (TPSA) is 55.0 Å². The van der Waals surface area contributed by atoms with Gasteiger partial charge in [-0.3, -0.25) is 0 Å². The van der Waals surface area contributed by atoms with E-state index < -0.39 is 11.8 Å². The third-order valence-electron chi connectivity index (χ3n) is 2.84. The quantitative estimate of drug-likeness (QED) is 0.804. The van der Waals surface area contributed by atoms with Gasteiger partial charge < -0.3 is 9.30 Å². The summed E-state index contributed by atoms with van der Waals surface area (Å²) in [6.45, 7) is 2.22. The van der Waals surface area contributed by atoms with Crippen LogP contribution in [-0.2, 0) is 11.3 Å². The van der Waals surface area contributed by atoms with Gasteiger partial charge in [0.15, 0.2) is 0 Å². The van der Waals surface area contributed by atoms with Gasteiger partial charge in [0.1, 0.15) is 11.5 Å². The third-order valence-corrected chi connectivity index (χ3v) is 2.84. The molecule has 0 N–H and O–H groups in total. The minimum absolute atomic E-state index is 0.207. The zero-order chi connectivity index (χ0) is 14.5. The SMILES string of the molecule is CCOC(=O)c1cccn1Cc1ccc(C#N)cc1F. The molecule has 20 heavy (non-hydrogen) atoms. The van der Waals surface area contributed by atoms with E-state index in [0.717, 1.165) is 0 Å². The van der Waals surface area contributed by atoms with E-state index in [0.29, 0.717) is 11.3 Å². The molecule has 2 rings (SSSR count). The molecule has 0 radical (unpaired) electrons. The highest BCUT2D eigenvalue weighted by molar-refractivity contribution is 5.87. The minimum atomic E-state index is -0.465. The second kappa shape index (κ2) is 6.02. The molecule has 0 bridgehead atoms. The zero-order valence-electron chi connectivity index (χ0n) is 11.0. The largest absolute Gasteiger partial charge is 0.461 e. The van der Waals surface area contributed by atoms with E-state index in [-0.39, 0.29) is 18.7 Å². The number of benzene rings is 1. The number of carbonyl (C=O) groups is 1. The van der Waals surface area contributed by atoms with Gasteiger partial charge in [-0.2, -0.15) is 5.26 Å². The third kappa shape index (κ3) is 2.86. The van der Waals surface area contributed by atoms with Crippen molar-refractivity contribution in [3.63, 3.8) is 0 Å². The predicted octanol–water partition coefficient (Wildman–Crippen LogP) is 2.72. The molecule has 1 heterocycles. The van der Waals surface area contributed by atoms with Crippen LogP contribution in [0.3, 0.4) is 0 Å². The van der Waals surface area contributed by atoms with Crippen molar-refractivity contribution >= 4 is 5.97 Å². The number of ether oxygens (including phenoxy) is 1. The Balaban J connectivity index is 2.25. The molecule has 5 heteroatoms. The average molecular weight is 272 g/mol. The molecule has 0 saturated heterocycles. The highest BCUT2D eigenvalue weighted by Gasteiger charge is 2.13. The Morgan fingerprint density at radius 1 is 1.45 bits per heavy atom. The van der Waals surface area contributed by atoms with Gasteiger partial charge in [0.25, 0.3) is 0 Å². The fourth-order valence-electron chi connectivity index (χ4n) is 1.87. The Bertz CT molecular complexity index is 671. The second-order valence-electron chi connectivity index (χ2n) is 4.16. The summed E-state index contributed by atoms with van der Waals surface area (Å²) >= 11 is 0. The molecule has 102 valence electrons. The number of rotatable bonds is 4. The molecule has 0 saturated carbocycles. The van der Waals surface area contributed by atoms with E-state index in [1.54, 1.807) is 42.0 Å². The van der Waals surface area contributed by atoms with Gasteiger partial charge in [0, 0.05) is 11.8 Å². The molecule has 0 aliphatic rings. The first kappa shape index (κ1) is 13.8. The van der Waals surface area contributed by atoms with E-state index in [9.17, 15) is 9.18 Å². The smallest absolute Gasteiger partial charge is 0.354 e. The summed E-state index contributed by atoms with van der Waals surface area (Å²) in [6, 6.07) is 9.48. The van der Waals surface area contributed by atoms with Gasteiger partial charge in [-0.05, 0) is 31.2 Å². The average Bonchev–Trinajstić information content (AvgIpc) is 2.89. The van der Waals surface area contributed by atoms with E-state index in [1.165, 1.54) is 6.07 Å². The van der Waals surface area contributed by atoms with Crippen molar-refractivity contribution in [2.45, 2.75) is 13.5 Å². The summed E-state index contributed by atoms with van der Waals surface area (Å²) in [5.74, 6) is -0.904. The summed E-state index contributed by atoms with van der Waals surface area (Å²) in [4.78, 5) is 11.7. The summed E-state index contributed by atoms with van der Waals surface area (Å²) in [5, 5.41) is 8.70. The maximum absolute atomic E-state index is 13.8. The molecule has 0 spiro atoms. The van der Waals surface area contributed by atoms with Crippen LogP contribution in [-0.4, -0.2) is 17.1 Å². The van der Waals surface area contributed by atoms with Crippen LogP contribution in [0, 0.1) is 17.1 Å². The predicted molar refractivity (Wildman–Crippen MR) is 70.6 cm³/mol. The Labute approximate surface area is 116 Å². The first-order valence-corrected chi connectivity index (χ1v) is 6.16. The van der Waals surface area contributed by atoms with Gasteiger partial charge in [-0.25, -0.2) is 9.18 Å². The highest BCUT2D eigenvalue weighted by Crippen LogP contribution is 2.14. The molecular weight excluding hydrogens is 259 g/mol. The van der Waals surface area contributed by atoms with Crippen molar-refractivity contribution in [1.29, 1.82) is 5.26 Å². The maximum Gasteiger partial charge on any atom is 0.354 e. The highest BCUT2D eigenvalue weighted by atomic mass is 19.1. The Morgan fingerprint density at radius 2 is 2.25 bits per heavy atom. The van der Waals surface area contributed by atoms with E-state index >= 15 is 0 Å². The van der Waals surface area contributed by atoms with Crippen molar-refractivity contribution in [3.8, 4) is 6.07 Å².